The van der Waals surface area contributed by atoms with Gasteiger partial charge in [0.1, 0.15) is 5.92 Å². The van der Waals surface area contributed by atoms with Gasteiger partial charge in [0.05, 0.1) is 20.8 Å². The van der Waals surface area contributed by atoms with Gasteiger partial charge in [0, 0.05) is 29.3 Å². The van der Waals surface area contributed by atoms with Crippen molar-refractivity contribution < 1.29 is 23.8 Å². The third-order valence-corrected chi connectivity index (χ3v) is 6.32. The minimum Gasteiger partial charge on any atom is -0.493 e. The Hall–Kier alpha value is -2.63. The predicted octanol–water partition coefficient (Wildman–Crippen LogP) is 5.25. The van der Waals surface area contributed by atoms with Gasteiger partial charge in [-0.15, -0.1) is 0 Å². The molecule has 1 aromatic carbocycles. The largest absolute Gasteiger partial charge is 0.493 e. The van der Waals surface area contributed by atoms with Crippen molar-refractivity contribution in [3.05, 3.63) is 35.0 Å². The van der Waals surface area contributed by atoms with E-state index in [1.165, 1.54) is 0 Å². The summed E-state index contributed by atoms with van der Waals surface area (Å²) >= 11 is 0. The molecule has 0 amide bonds. The molecule has 0 spiro atoms. The number of rotatable bonds is 8. The van der Waals surface area contributed by atoms with Gasteiger partial charge in [-0.3, -0.25) is 14.6 Å². The van der Waals surface area contributed by atoms with Gasteiger partial charge in [-0.1, -0.05) is 39.7 Å². The molecule has 1 aliphatic heterocycles. The summed E-state index contributed by atoms with van der Waals surface area (Å²) in [6, 6.07) is 5.58. The van der Waals surface area contributed by atoms with Gasteiger partial charge in [-0.2, -0.15) is 0 Å². The van der Waals surface area contributed by atoms with Crippen LogP contribution in [0.4, 0.5) is 0 Å². The number of Topliss-reactive ketones (excluding diaryl/α,β-unsaturated/α-hetero) is 1. The van der Waals surface area contributed by atoms with Crippen molar-refractivity contribution in [2.45, 2.75) is 65.7 Å². The van der Waals surface area contributed by atoms with Crippen molar-refractivity contribution in [3.63, 3.8) is 0 Å². The first kappa shape index (κ1) is 24.0. The lowest BCUT2D eigenvalue weighted by Gasteiger charge is -2.39. The van der Waals surface area contributed by atoms with Gasteiger partial charge in [0.15, 0.2) is 17.3 Å². The third-order valence-electron chi connectivity index (χ3n) is 6.32. The maximum Gasteiger partial charge on any atom is 0.315 e. The average molecular weight is 442 g/mol. The predicted molar refractivity (Wildman–Crippen MR) is 124 cm³/mol. The summed E-state index contributed by atoms with van der Waals surface area (Å²) in [5, 5.41) is 0. The Morgan fingerprint density at radius 1 is 1.12 bits per heavy atom. The summed E-state index contributed by atoms with van der Waals surface area (Å²) in [5.74, 6) is -0.210. The van der Waals surface area contributed by atoms with E-state index >= 15 is 0 Å². The van der Waals surface area contributed by atoms with Gasteiger partial charge < -0.3 is 14.2 Å². The number of methoxy groups -OCH3 is 2. The number of nitrogens with zero attached hydrogens (tertiary/aromatic N) is 1. The van der Waals surface area contributed by atoms with Crippen molar-refractivity contribution in [1.29, 1.82) is 0 Å². The molecule has 174 valence electrons. The smallest absolute Gasteiger partial charge is 0.315 e. The maximum atomic E-state index is 13.3. The summed E-state index contributed by atoms with van der Waals surface area (Å²) in [4.78, 5) is 31.4. The molecule has 3 rings (SSSR count). The SMILES string of the molecule is CCCCCOC(=O)C1C(C)=NC2=C(C(=O)CC(C)(C)C2)[C@H]1c1ccc(OC)c(OC)c1. The minimum atomic E-state index is -0.640. The summed E-state index contributed by atoms with van der Waals surface area (Å²) < 4.78 is 16.5. The fourth-order valence-corrected chi connectivity index (χ4v) is 4.77. The van der Waals surface area contributed by atoms with E-state index in [0.717, 1.165) is 30.5 Å². The number of allylic oxidation sites excluding steroid dienone is 2. The normalized spacial score (nSPS) is 22.2. The van der Waals surface area contributed by atoms with E-state index in [0.29, 0.717) is 42.2 Å². The number of unbranched alkanes of at least 4 members (excludes halogenated alkanes) is 2. The summed E-state index contributed by atoms with van der Waals surface area (Å²) in [6.07, 6.45) is 4.02. The zero-order valence-corrected chi connectivity index (χ0v) is 20.1. The fourth-order valence-electron chi connectivity index (χ4n) is 4.77. The van der Waals surface area contributed by atoms with Crippen LogP contribution in [-0.4, -0.2) is 38.3 Å². The summed E-state index contributed by atoms with van der Waals surface area (Å²) in [7, 11) is 3.16. The van der Waals surface area contributed by atoms with E-state index < -0.39 is 11.8 Å². The Bertz CT molecular complexity index is 944. The van der Waals surface area contributed by atoms with Crippen LogP contribution in [0.5, 0.6) is 11.5 Å². The summed E-state index contributed by atoms with van der Waals surface area (Å²) in [6.45, 7) is 8.51. The van der Waals surface area contributed by atoms with Crippen LogP contribution < -0.4 is 9.47 Å². The molecule has 0 fully saturated rings. The minimum absolute atomic E-state index is 0.0519. The number of carbonyl (C=O) groups is 2. The van der Waals surface area contributed by atoms with Crippen LogP contribution in [0, 0.1) is 11.3 Å². The molecule has 0 N–H and O–H groups in total. The standard InChI is InChI=1S/C26H35NO5/c1-7-8-9-12-32-25(29)22-16(2)27-18-14-26(3,4)15-19(28)24(18)23(22)17-10-11-20(30-5)21(13-17)31-6/h10-11,13,22-23H,7-9,12,14-15H2,1-6H3/t22?,23-/m0/s1. The van der Waals surface area contributed by atoms with E-state index in [1.54, 1.807) is 14.2 Å². The van der Waals surface area contributed by atoms with Gasteiger partial charge >= 0.3 is 5.97 Å². The quantitative estimate of drug-likeness (QED) is 0.407. The fraction of sp³-hybridized carbons (Fsp3) is 0.577. The average Bonchev–Trinajstić information content (AvgIpc) is 2.74. The molecular weight excluding hydrogens is 406 g/mol. The van der Waals surface area contributed by atoms with Gasteiger partial charge in [0.2, 0.25) is 0 Å². The molecule has 0 saturated carbocycles. The van der Waals surface area contributed by atoms with Gasteiger partial charge in [0.25, 0.3) is 0 Å². The molecular formula is C26H35NO5. The number of hydrogen-bond acceptors (Lipinski definition) is 6. The lowest BCUT2D eigenvalue weighted by atomic mass is 9.67. The Morgan fingerprint density at radius 3 is 2.50 bits per heavy atom. The zero-order chi connectivity index (χ0) is 23.5. The Balaban J connectivity index is 2.07. The third kappa shape index (κ3) is 4.89. The van der Waals surface area contributed by atoms with Crippen molar-refractivity contribution in [3.8, 4) is 11.5 Å². The van der Waals surface area contributed by atoms with E-state index in [2.05, 4.69) is 20.8 Å². The molecule has 1 aromatic rings. The molecule has 2 atom stereocenters. The highest BCUT2D eigenvalue weighted by Crippen LogP contribution is 2.48. The molecule has 1 aliphatic carbocycles. The first-order valence-corrected chi connectivity index (χ1v) is 11.4. The molecule has 32 heavy (non-hydrogen) atoms. The van der Waals surface area contributed by atoms with E-state index in [4.69, 9.17) is 19.2 Å². The molecule has 1 heterocycles. The number of benzene rings is 1. The van der Waals surface area contributed by atoms with Crippen LogP contribution in [0.3, 0.4) is 0 Å². The van der Waals surface area contributed by atoms with E-state index in [-0.39, 0.29) is 17.2 Å². The lowest BCUT2D eigenvalue weighted by molar-refractivity contribution is -0.146. The number of hydrogen-bond donors (Lipinski definition) is 0. The zero-order valence-electron chi connectivity index (χ0n) is 20.1. The number of ketones is 1. The molecule has 1 unspecified atom stereocenters. The van der Waals surface area contributed by atoms with E-state index in [1.807, 2.05) is 25.1 Å². The van der Waals surface area contributed by atoms with Crippen LogP contribution in [0.2, 0.25) is 0 Å². The number of ether oxygens (including phenoxy) is 3. The summed E-state index contributed by atoms with van der Waals surface area (Å²) in [5.41, 5.74) is 2.79. The van der Waals surface area contributed by atoms with Crippen LogP contribution >= 0.6 is 0 Å². The first-order valence-electron chi connectivity index (χ1n) is 11.4. The molecule has 6 nitrogen and oxygen atoms in total. The van der Waals surface area contributed by atoms with Crippen molar-refractivity contribution in [2.75, 3.05) is 20.8 Å². The highest BCUT2D eigenvalue weighted by molar-refractivity contribution is 6.09. The van der Waals surface area contributed by atoms with Gasteiger partial charge in [-0.05, 0) is 42.9 Å². The van der Waals surface area contributed by atoms with Crippen LogP contribution in [-0.2, 0) is 14.3 Å². The molecule has 0 saturated heterocycles. The Kier molecular flexibility index (Phi) is 7.42. The number of aliphatic imine (C=N–C) groups is 1. The molecule has 6 heteroatoms. The monoisotopic (exact) mass is 441 g/mol. The highest BCUT2D eigenvalue weighted by Gasteiger charge is 2.46. The van der Waals surface area contributed by atoms with Crippen molar-refractivity contribution in [2.24, 2.45) is 16.3 Å². The Morgan fingerprint density at radius 2 is 1.84 bits per heavy atom. The van der Waals surface area contributed by atoms with Crippen LogP contribution in [0.15, 0.2) is 34.5 Å². The second-order valence-corrected chi connectivity index (χ2v) is 9.50. The second kappa shape index (κ2) is 9.88. The maximum absolute atomic E-state index is 13.3. The first-order chi connectivity index (χ1) is 15.2. The van der Waals surface area contributed by atoms with Crippen LogP contribution in [0.25, 0.3) is 0 Å². The lowest BCUT2D eigenvalue weighted by Crippen LogP contribution is -2.39. The number of carbonyl (C=O) groups excluding carboxylic acids is 2. The molecule has 0 aromatic heterocycles. The van der Waals surface area contributed by atoms with Gasteiger partial charge in [-0.25, -0.2) is 0 Å². The molecule has 0 bridgehead atoms. The highest BCUT2D eigenvalue weighted by atomic mass is 16.5. The molecule has 2 aliphatic rings. The Labute approximate surface area is 191 Å². The second-order valence-electron chi connectivity index (χ2n) is 9.50. The topological polar surface area (TPSA) is 74.2 Å². The van der Waals surface area contributed by atoms with E-state index in [9.17, 15) is 9.59 Å². The molecule has 0 radical (unpaired) electrons. The van der Waals surface area contributed by atoms with Crippen molar-refractivity contribution >= 4 is 17.5 Å². The number of esters is 1. The van der Waals surface area contributed by atoms with Crippen molar-refractivity contribution in [1.82, 2.24) is 0 Å². The van der Waals surface area contributed by atoms with Crippen LogP contribution in [0.1, 0.15) is 71.3 Å².